The molecule has 10 heteroatoms. The molecule has 0 spiro atoms. The van der Waals surface area contributed by atoms with Crippen LogP contribution < -0.4 is 10.5 Å². The molecule has 0 bridgehead atoms. The fourth-order valence-electron chi connectivity index (χ4n) is 2.14. The van der Waals surface area contributed by atoms with Crippen molar-refractivity contribution in [1.82, 2.24) is 20.2 Å². The predicted octanol–water partition coefficient (Wildman–Crippen LogP) is 3.19. The molecule has 0 saturated heterocycles. The minimum atomic E-state index is -0.406. The number of hydrogen-bond acceptors (Lipinski definition) is 7. The van der Waals surface area contributed by atoms with Gasteiger partial charge in [0.05, 0.1) is 5.75 Å². The standard InChI is InChI=1S/C16H14BrN5O2S2/c1-22(15(24)11-7-13(23)19-12(18-11)8-25-2)16-21-20-14(26-16)9-3-5-10(17)6-4-9/h3-7H,8H2,1-2H3,(H,18,19,23). The molecule has 134 valence electrons. The Morgan fingerprint density at radius 3 is 2.73 bits per heavy atom. The summed E-state index contributed by atoms with van der Waals surface area (Å²) in [4.78, 5) is 32.6. The third-order valence-corrected chi connectivity index (χ3v) is 5.53. The first-order valence-corrected chi connectivity index (χ1v) is 10.4. The minimum absolute atomic E-state index is 0.0840. The van der Waals surface area contributed by atoms with Gasteiger partial charge in [-0.2, -0.15) is 11.8 Å². The Balaban J connectivity index is 1.85. The second-order valence-corrected chi connectivity index (χ2v) is 8.01. The summed E-state index contributed by atoms with van der Waals surface area (Å²) in [6.07, 6.45) is 1.89. The molecule has 1 amide bonds. The number of aromatic amines is 1. The van der Waals surface area contributed by atoms with E-state index in [1.54, 1.807) is 7.05 Å². The highest BCUT2D eigenvalue weighted by Gasteiger charge is 2.20. The van der Waals surface area contributed by atoms with Crippen LogP contribution in [-0.4, -0.2) is 39.4 Å². The van der Waals surface area contributed by atoms with Crippen LogP contribution in [-0.2, 0) is 5.75 Å². The molecule has 0 fully saturated rings. The van der Waals surface area contributed by atoms with Crippen molar-refractivity contribution in [2.24, 2.45) is 0 Å². The molecule has 3 rings (SSSR count). The normalized spacial score (nSPS) is 10.7. The lowest BCUT2D eigenvalue weighted by Crippen LogP contribution is -2.29. The van der Waals surface area contributed by atoms with Gasteiger partial charge in [0, 0.05) is 23.2 Å². The SMILES string of the molecule is CSCc1nc(C(=O)N(C)c2nnc(-c3ccc(Br)cc3)s2)cc(=O)[nH]1. The van der Waals surface area contributed by atoms with E-state index in [2.05, 4.69) is 36.1 Å². The van der Waals surface area contributed by atoms with Crippen LogP contribution in [0.5, 0.6) is 0 Å². The van der Waals surface area contributed by atoms with Crippen molar-refractivity contribution in [3.05, 3.63) is 56.7 Å². The van der Waals surface area contributed by atoms with E-state index in [4.69, 9.17) is 0 Å². The van der Waals surface area contributed by atoms with E-state index in [0.29, 0.717) is 21.7 Å². The zero-order valence-electron chi connectivity index (χ0n) is 13.9. The average molecular weight is 452 g/mol. The summed E-state index contributed by atoms with van der Waals surface area (Å²) < 4.78 is 0.972. The van der Waals surface area contributed by atoms with Crippen molar-refractivity contribution < 1.29 is 4.79 Å². The second kappa shape index (κ2) is 8.11. The van der Waals surface area contributed by atoms with Crippen molar-refractivity contribution in [3.8, 4) is 10.6 Å². The van der Waals surface area contributed by atoms with Gasteiger partial charge in [0.1, 0.15) is 16.5 Å². The molecule has 0 radical (unpaired) electrons. The number of carbonyl (C=O) groups is 1. The summed E-state index contributed by atoms with van der Waals surface area (Å²) in [6.45, 7) is 0. The molecule has 2 aromatic heterocycles. The topological polar surface area (TPSA) is 91.8 Å². The molecule has 2 heterocycles. The van der Waals surface area contributed by atoms with Gasteiger partial charge in [-0.05, 0) is 18.4 Å². The number of nitrogens with one attached hydrogen (secondary N) is 1. The van der Waals surface area contributed by atoms with Gasteiger partial charge < -0.3 is 4.98 Å². The molecular weight excluding hydrogens is 438 g/mol. The van der Waals surface area contributed by atoms with Gasteiger partial charge in [-0.15, -0.1) is 10.2 Å². The highest BCUT2D eigenvalue weighted by atomic mass is 79.9. The van der Waals surface area contributed by atoms with Crippen molar-refractivity contribution in [1.29, 1.82) is 0 Å². The van der Waals surface area contributed by atoms with Crippen LogP contribution in [0.25, 0.3) is 10.6 Å². The van der Waals surface area contributed by atoms with Crippen molar-refractivity contribution >= 4 is 50.1 Å². The first kappa shape index (κ1) is 18.7. The first-order chi connectivity index (χ1) is 12.5. The van der Waals surface area contributed by atoms with Crippen molar-refractivity contribution in [2.45, 2.75) is 5.75 Å². The maximum Gasteiger partial charge on any atom is 0.278 e. The fourth-order valence-corrected chi connectivity index (χ4v) is 3.63. The quantitative estimate of drug-likeness (QED) is 0.640. The lowest BCUT2D eigenvalue weighted by Gasteiger charge is -2.12. The number of aromatic nitrogens is 4. The molecular formula is C16H14BrN5O2S2. The Kier molecular flexibility index (Phi) is 5.84. The van der Waals surface area contributed by atoms with E-state index in [1.165, 1.54) is 34.1 Å². The van der Waals surface area contributed by atoms with Crippen molar-refractivity contribution in [3.63, 3.8) is 0 Å². The molecule has 1 N–H and O–H groups in total. The predicted molar refractivity (Wildman–Crippen MR) is 108 cm³/mol. The van der Waals surface area contributed by atoms with Gasteiger partial charge in [-0.3, -0.25) is 14.5 Å². The number of carbonyl (C=O) groups excluding carboxylic acids is 1. The van der Waals surface area contributed by atoms with E-state index >= 15 is 0 Å². The summed E-state index contributed by atoms with van der Waals surface area (Å²) in [5.74, 6) is 0.582. The Morgan fingerprint density at radius 2 is 2.04 bits per heavy atom. The smallest absolute Gasteiger partial charge is 0.278 e. The van der Waals surface area contributed by atoms with Gasteiger partial charge in [-0.25, -0.2) is 4.98 Å². The molecule has 0 unspecified atom stereocenters. The number of thioether (sulfide) groups is 1. The first-order valence-electron chi connectivity index (χ1n) is 7.44. The number of nitrogens with zero attached hydrogens (tertiary/aromatic N) is 4. The molecule has 0 aliphatic rings. The number of hydrogen-bond donors (Lipinski definition) is 1. The molecule has 0 saturated carbocycles. The van der Waals surface area contributed by atoms with Gasteiger partial charge in [0.25, 0.3) is 11.5 Å². The maximum atomic E-state index is 12.7. The van der Waals surface area contributed by atoms with Gasteiger partial charge in [0.2, 0.25) is 5.13 Å². The largest absolute Gasteiger partial charge is 0.310 e. The number of anilines is 1. The highest BCUT2D eigenvalue weighted by Crippen LogP contribution is 2.29. The third kappa shape index (κ3) is 4.19. The van der Waals surface area contributed by atoms with E-state index in [-0.39, 0.29) is 11.3 Å². The van der Waals surface area contributed by atoms with Crippen LogP contribution in [0.15, 0.2) is 39.6 Å². The number of benzene rings is 1. The lowest BCUT2D eigenvalue weighted by atomic mass is 10.2. The fraction of sp³-hybridized carbons (Fsp3) is 0.188. The Labute approximate surface area is 166 Å². The summed E-state index contributed by atoms with van der Waals surface area (Å²) in [5, 5.41) is 9.37. The van der Waals surface area contributed by atoms with Crippen LogP contribution in [0.3, 0.4) is 0 Å². The van der Waals surface area contributed by atoms with Crippen LogP contribution in [0, 0.1) is 0 Å². The molecule has 0 aliphatic heterocycles. The number of H-pyrrole nitrogens is 1. The van der Waals surface area contributed by atoms with Crippen LogP contribution >= 0.6 is 39.0 Å². The zero-order valence-corrected chi connectivity index (χ0v) is 17.1. The van der Waals surface area contributed by atoms with E-state index in [9.17, 15) is 9.59 Å². The molecule has 3 aromatic rings. The minimum Gasteiger partial charge on any atom is -0.310 e. The molecule has 0 aliphatic carbocycles. The lowest BCUT2D eigenvalue weighted by molar-refractivity contribution is 0.0987. The summed E-state index contributed by atoms with van der Waals surface area (Å²) >= 11 is 6.19. The van der Waals surface area contributed by atoms with Crippen LogP contribution in [0.4, 0.5) is 5.13 Å². The number of halogens is 1. The summed E-state index contributed by atoms with van der Waals surface area (Å²) in [5.41, 5.74) is 0.642. The molecule has 26 heavy (non-hydrogen) atoms. The molecule has 7 nitrogen and oxygen atoms in total. The van der Waals surface area contributed by atoms with E-state index < -0.39 is 5.91 Å². The Morgan fingerprint density at radius 1 is 1.31 bits per heavy atom. The summed E-state index contributed by atoms with van der Waals surface area (Å²) in [6, 6.07) is 8.86. The van der Waals surface area contributed by atoms with Gasteiger partial charge >= 0.3 is 0 Å². The number of amides is 1. The third-order valence-electron chi connectivity index (χ3n) is 3.39. The highest BCUT2D eigenvalue weighted by molar-refractivity contribution is 9.10. The Bertz CT molecular complexity index is 987. The monoisotopic (exact) mass is 451 g/mol. The zero-order chi connectivity index (χ0) is 18.7. The molecule has 0 atom stereocenters. The number of rotatable bonds is 5. The second-order valence-electron chi connectivity index (χ2n) is 5.27. The van der Waals surface area contributed by atoms with Gasteiger partial charge in [-0.1, -0.05) is 39.4 Å². The van der Waals surface area contributed by atoms with Crippen LogP contribution in [0.1, 0.15) is 16.3 Å². The van der Waals surface area contributed by atoms with E-state index in [1.807, 2.05) is 30.5 Å². The van der Waals surface area contributed by atoms with E-state index in [0.717, 1.165) is 10.0 Å². The average Bonchev–Trinajstić information content (AvgIpc) is 3.11. The molecule has 1 aromatic carbocycles. The maximum absolute atomic E-state index is 12.7. The Hall–Kier alpha value is -2.04. The van der Waals surface area contributed by atoms with Gasteiger partial charge in [0.15, 0.2) is 0 Å². The van der Waals surface area contributed by atoms with Crippen molar-refractivity contribution in [2.75, 3.05) is 18.2 Å². The summed E-state index contributed by atoms with van der Waals surface area (Å²) in [7, 11) is 1.59. The van der Waals surface area contributed by atoms with Crippen LogP contribution in [0.2, 0.25) is 0 Å².